The van der Waals surface area contributed by atoms with E-state index in [9.17, 15) is 4.79 Å². The van der Waals surface area contributed by atoms with Gasteiger partial charge >= 0.3 is 5.97 Å². The molecule has 0 aliphatic heterocycles. The standard InChI is InChI=1S/C20H17ClN2O3/c1-25-15-8-10-16-12(11-15)3-9-17-18(20(24)26-2)22-23(19(16)17)14-6-4-13(21)5-7-14/h4-8,10-11H,3,9H2,1-2H3. The maximum absolute atomic E-state index is 12.3. The molecule has 26 heavy (non-hydrogen) atoms. The fourth-order valence-electron chi connectivity index (χ4n) is 3.39. The summed E-state index contributed by atoms with van der Waals surface area (Å²) in [7, 11) is 3.03. The molecule has 6 heteroatoms. The molecule has 0 saturated heterocycles. The van der Waals surface area contributed by atoms with E-state index < -0.39 is 5.97 Å². The van der Waals surface area contributed by atoms with Crippen molar-refractivity contribution in [3.63, 3.8) is 0 Å². The van der Waals surface area contributed by atoms with E-state index in [1.165, 1.54) is 12.7 Å². The molecule has 0 amide bonds. The minimum absolute atomic E-state index is 0.360. The lowest BCUT2D eigenvalue weighted by Crippen LogP contribution is -2.09. The lowest BCUT2D eigenvalue weighted by Gasteiger charge is -2.19. The van der Waals surface area contributed by atoms with Crippen molar-refractivity contribution >= 4 is 17.6 Å². The number of hydrogen-bond donors (Lipinski definition) is 0. The number of carbonyl (C=O) groups is 1. The molecular weight excluding hydrogens is 352 g/mol. The van der Waals surface area contributed by atoms with Gasteiger partial charge in [-0.3, -0.25) is 0 Å². The second-order valence-electron chi connectivity index (χ2n) is 6.08. The van der Waals surface area contributed by atoms with Gasteiger partial charge in [0.15, 0.2) is 5.69 Å². The molecule has 1 aliphatic carbocycles. The highest BCUT2D eigenvalue weighted by Gasteiger charge is 2.29. The van der Waals surface area contributed by atoms with Gasteiger partial charge in [-0.05, 0) is 60.9 Å². The molecule has 0 radical (unpaired) electrons. The molecule has 0 bridgehead atoms. The number of hydrogen-bond acceptors (Lipinski definition) is 4. The zero-order valence-electron chi connectivity index (χ0n) is 14.5. The van der Waals surface area contributed by atoms with Crippen LogP contribution < -0.4 is 4.74 Å². The molecule has 0 unspecified atom stereocenters. The number of carbonyl (C=O) groups excluding carboxylic acids is 1. The van der Waals surface area contributed by atoms with Crippen molar-refractivity contribution in [2.75, 3.05) is 14.2 Å². The van der Waals surface area contributed by atoms with Gasteiger partial charge in [0.1, 0.15) is 5.75 Å². The quantitative estimate of drug-likeness (QED) is 0.653. The summed E-state index contributed by atoms with van der Waals surface area (Å²) in [6.07, 6.45) is 1.53. The number of methoxy groups -OCH3 is 2. The van der Waals surface area contributed by atoms with Gasteiger partial charge in [0, 0.05) is 16.1 Å². The number of aryl methyl sites for hydroxylation is 1. The van der Waals surface area contributed by atoms with E-state index in [0.29, 0.717) is 17.1 Å². The number of benzene rings is 2. The summed E-state index contributed by atoms with van der Waals surface area (Å²) in [5.41, 5.74) is 5.23. The Hall–Kier alpha value is -2.79. The molecule has 1 heterocycles. The second-order valence-corrected chi connectivity index (χ2v) is 6.52. The maximum atomic E-state index is 12.3. The van der Waals surface area contributed by atoms with Crippen LogP contribution in [-0.4, -0.2) is 30.0 Å². The Balaban J connectivity index is 1.97. The van der Waals surface area contributed by atoms with Crippen LogP contribution in [0.4, 0.5) is 0 Å². The van der Waals surface area contributed by atoms with Crippen LogP contribution in [0.3, 0.4) is 0 Å². The fourth-order valence-corrected chi connectivity index (χ4v) is 3.51. The Labute approximate surface area is 156 Å². The summed E-state index contributed by atoms with van der Waals surface area (Å²) in [4.78, 5) is 12.3. The summed E-state index contributed by atoms with van der Waals surface area (Å²) in [5.74, 6) is 0.392. The van der Waals surface area contributed by atoms with E-state index in [0.717, 1.165) is 34.7 Å². The number of nitrogens with zero attached hydrogens (tertiary/aromatic N) is 2. The number of esters is 1. The summed E-state index contributed by atoms with van der Waals surface area (Å²) in [6.45, 7) is 0. The summed E-state index contributed by atoms with van der Waals surface area (Å²) in [5, 5.41) is 5.22. The first kappa shape index (κ1) is 16.7. The molecule has 4 rings (SSSR count). The number of ether oxygens (including phenoxy) is 2. The van der Waals surface area contributed by atoms with Crippen LogP contribution in [0.2, 0.25) is 5.02 Å². The van der Waals surface area contributed by atoms with Crippen molar-refractivity contribution in [1.82, 2.24) is 9.78 Å². The Morgan fingerprint density at radius 2 is 1.88 bits per heavy atom. The van der Waals surface area contributed by atoms with Crippen molar-refractivity contribution < 1.29 is 14.3 Å². The van der Waals surface area contributed by atoms with E-state index >= 15 is 0 Å². The second kappa shape index (κ2) is 6.50. The van der Waals surface area contributed by atoms with E-state index in [1.54, 1.807) is 23.9 Å². The minimum atomic E-state index is -0.425. The maximum Gasteiger partial charge on any atom is 0.358 e. The van der Waals surface area contributed by atoms with Crippen molar-refractivity contribution in [3.05, 3.63) is 64.3 Å². The van der Waals surface area contributed by atoms with Gasteiger partial charge in [0.05, 0.1) is 25.6 Å². The van der Waals surface area contributed by atoms with Gasteiger partial charge < -0.3 is 9.47 Å². The minimum Gasteiger partial charge on any atom is -0.497 e. The van der Waals surface area contributed by atoms with Crippen LogP contribution >= 0.6 is 11.6 Å². The molecule has 0 spiro atoms. The number of fused-ring (bicyclic) bond motifs is 3. The zero-order valence-corrected chi connectivity index (χ0v) is 15.2. The molecular formula is C20H17ClN2O3. The van der Waals surface area contributed by atoms with Gasteiger partial charge in [0.2, 0.25) is 0 Å². The Morgan fingerprint density at radius 3 is 2.58 bits per heavy atom. The fraction of sp³-hybridized carbons (Fsp3) is 0.200. The van der Waals surface area contributed by atoms with Gasteiger partial charge in [0.25, 0.3) is 0 Å². The van der Waals surface area contributed by atoms with E-state index in [-0.39, 0.29) is 0 Å². The average molecular weight is 369 g/mol. The first-order valence-corrected chi connectivity index (χ1v) is 8.63. The van der Waals surface area contributed by atoms with Crippen LogP contribution in [0.15, 0.2) is 42.5 Å². The smallest absolute Gasteiger partial charge is 0.358 e. The normalized spacial score (nSPS) is 12.3. The summed E-state index contributed by atoms with van der Waals surface area (Å²) < 4.78 is 12.1. The van der Waals surface area contributed by atoms with E-state index in [2.05, 4.69) is 5.10 Å². The molecule has 0 saturated carbocycles. The lowest BCUT2D eigenvalue weighted by molar-refractivity contribution is 0.0592. The molecule has 132 valence electrons. The number of rotatable bonds is 3. The van der Waals surface area contributed by atoms with Crippen LogP contribution in [0.5, 0.6) is 5.75 Å². The van der Waals surface area contributed by atoms with Crippen LogP contribution in [-0.2, 0) is 17.6 Å². The van der Waals surface area contributed by atoms with Crippen molar-refractivity contribution in [1.29, 1.82) is 0 Å². The lowest BCUT2D eigenvalue weighted by atomic mass is 9.88. The monoisotopic (exact) mass is 368 g/mol. The molecule has 0 atom stereocenters. The van der Waals surface area contributed by atoms with E-state index in [1.807, 2.05) is 30.3 Å². The molecule has 0 N–H and O–H groups in total. The van der Waals surface area contributed by atoms with Crippen molar-refractivity contribution in [2.45, 2.75) is 12.8 Å². The van der Waals surface area contributed by atoms with Crippen molar-refractivity contribution in [3.8, 4) is 22.7 Å². The third kappa shape index (κ3) is 2.65. The molecule has 5 nitrogen and oxygen atoms in total. The Morgan fingerprint density at radius 1 is 1.12 bits per heavy atom. The predicted octanol–water partition coefficient (Wildman–Crippen LogP) is 4.09. The predicted molar refractivity (Wildman–Crippen MR) is 99.3 cm³/mol. The molecule has 3 aromatic rings. The van der Waals surface area contributed by atoms with Gasteiger partial charge in [-0.2, -0.15) is 5.10 Å². The first-order valence-electron chi connectivity index (χ1n) is 8.26. The third-order valence-corrected chi connectivity index (χ3v) is 4.90. The van der Waals surface area contributed by atoms with Gasteiger partial charge in [-0.15, -0.1) is 0 Å². The highest BCUT2D eigenvalue weighted by molar-refractivity contribution is 6.30. The topological polar surface area (TPSA) is 53.3 Å². The van der Waals surface area contributed by atoms with Crippen LogP contribution in [0.1, 0.15) is 21.6 Å². The zero-order chi connectivity index (χ0) is 18.3. The van der Waals surface area contributed by atoms with Crippen LogP contribution in [0, 0.1) is 0 Å². The van der Waals surface area contributed by atoms with Gasteiger partial charge in [-0.1, -0.05) is 11.6 Å². The van der Waals surface area contributed by atoms with E-state index in [4.69, 9.17) is 21.1 Å². The summed E-state index contributed by atoms with van der Waals surface area (Å²) in [6, 6.07) is 13.4. The Bertz CT molecular complexity index is 993. The highest BCUT2D eigenvalue weighted by atomic mass is 35.5. The molecule has 1 aliphatic rings. The molecule has 0 fully saturated rings. The molecule has 2 aromatic carbocycles. The third-order valence-electron chi connectivity index (χ3n) is 4.65. The number of aromatic nitrogens is 2. The summed E-state index contributed by atoms with van der Waals surface area (Å²) >= 11 is 6.02. The largest absolute Gasteiger partial charge is 0.497 e. The van der Waals surface area contributed by atoms with Crippen LogP contribution in [0.25, 0.3) is 16.9 Å². The Kier molecular flexibility index (Phi) is 4.17. The first-order chi connectivity index (χ1) is 12.6. The van der Waals surface area contributed by atoms with Crippen molar-refractivity contribution in [2.24, 2.45) is 0 Å². The average Bonchev–Trinajstić information content (AvgIpc) is 3.07. The molecule has 1 aromatic heterocycles. The number of halogens is 1. The SMILES string of the molecule is COC(=O)c1nn(-c2ccc(Cl)cc2)c2c1CCc1cc(OC)ccc1-2. The highest BCUT2D eigenvalue weighted by Crippen LogP contribution is 2.38. The van der Waals surface area contributed by atoms with Gasteiger partial charge in [-0.25, -0.2) is 9.48 Å².